The lowest BCUT2D eigenvalue weighted by molar-refractivity contribution is 0.0449. The lowest BCUT2D eigenvalue weighted by Crippen LogP contribution is -2.51. The Kier molecular flexibility index (Phi) is 6.83. The molecule has 1 saturated carbocycles. The van der Waals surface area contributed by atoms with Gasteiger partial charge in [0.05, 0.1) is 0 Å². The van der Waals surface area contributed by atoms with Gasteiger partial charge in [-0.05, 0) is 57.0 Å². The Morgan fingerprint density at radius 1 is 1.05 bits per heavy atom. The van der Waals surface area contributed by atoms with Crippen LogP contribution in [0.25, 0.3) is 0 Å². The SMILES string of the molecule is CCCC1CCC(CN)C(N2CCCCCC2CC)C1. The lowest BCUT2D eigenvalue weighted by atomic mass is 9.75. The molecule has 1 aliphatic heterocycles. The van der Waals surface area contributed by atoms with Crippen molar-refractivity contribution in [3.05, 3.63) is 0 Å². The van der Waals surface area contributed by atoms with Crippen LogP contribution < -0.4 is 5.73 Å². The second-order valence-corrected chi connectivity index (χ2v) is 7.18. The van der Waals surface area contributed by atoms with Gasteiger partial charge in [-0.1, -0.05) is 46.0 Å². The van der Waals surface area contributed by atoms with E-state index in [2.05, 4.69) is 18.7 Å². The molecule has 1 saturated heterocycles. The van der Waals surface area contributed by atoms with Crippen molar-refractivity contribution in [2.75, 3.05) is 13.1 Å². The summed E-state index contributed by atoms with van der Waals surface area (Å²) < 4.78 is 0. The maximum Gasteiger partial charge on any atom is 0.0141 e. The van der Waals surface area contributed by atoms with E-state index in [1.165, 1.54) is 70.8 Å². The molecule has 20 heavy (non-hydrogen) atoms. The van der Waals surface area contributed by atoms with E-state index in [9.17, 15) is 0 Å². The van der Waals surface area contributed by atoms with Crippen molar-refractivity contribution in [1.82, 2.24) is 4.90 Å². The minimum absolute atomic E-state index is 0.759. The molecular weight excluding hydrogens is 244 g/mol. The first-order chi connectivity index (χ1) is 9.80. The monoisotopic (exact) mass is 280 g/mol. The van der Waals surface area contributed by atoms with Crippen LogP contribution in [0.2, 0.25) is 0 Å². The second-order valence-electron chi connectivity index (χ2n) is 7.18. The molecule has 2 rings (SSSR count). The summed E-state index contributed by atoms with van der Waals surface area (Å²) in [5.41, 5.74) is 6.12. The van der Waals surface area contributed by atoms with Gasteiger partial charge in [-0.3, -0.25) is 4.90 Å². The Morgan fingerprint density at radius 3 is 2.60 bits per heavy atom. The number of likely N-dealkylation sites (tertiary alicyclic amines) is 1. The Bertz CT molecular complexity index is 266. The summed E-state index contributed by atoms with van der Waals surface area (Å²) in [5, 5.41) is 0. The fraction of sp³-hybridized carbons (Fsp3) is 1.00. The molecule has 2 aliphatic rings. The first-order valence-corrected chi connectivity index (χ1v) is 9.25. The van der Waals surface area contributed by atoms with Crippen molar-refractivity contribution in [2.24, 2.45) is 17.6 Å². The zero-order valence-corrected chi connectivity index (χ0v) is 13.8. The number of nitrogens with zero attached hydrogens (tertiary/aromatic N) is 1. The van der Waals surface area contributed by atoms with Crippen LogP contribution in [0.5, 0.6) is 0 Å². The van der Waals surface area contributed by atoms with E-state index in [0.717, 1.165) is 30.5 Å². The molecule has 0 aromatic rings. The largest absolute Gasteiger partial charge is 0.330 e. The zero-order valence-electron chi connectivity index (χ0n) is 13.8. The van der Waals surface area contributed by atoms with Crippen LogP contribution in [-0.4, -0.2) is 30.1 Å². The predicted octanol–water partition coefficient (Wildman–Crippen LogP) is 4.18. The molecular formula is C18H36N2. The van der Waals surface area contributed by atoms with Gasteiger partial charge in [-0.25, -0.2) is 0 Å². The first-order valence-electron chi connectivity index (χ1n) is 9.25. The number of hydrogen-bond donors (Lipinski definition) is 1. The van der Waals surface area contributed by atoms with Crippen LogP contribution in [0.15, 0.2) is 0 Å². The van der Waals surface area contributed by atoms with Crippen LogP contribution in [-0.2, 0) is 0 Å². The highest BCUT2D eigenvalue weighted by molar-refractivity contribution is 4.90. The molecule has 0 spiro atoms. The van der Waals surface area contributed by atoms with Crippen molar-refractivity contribution < 1.29 is 0 Å². The molecule has 0 aromatic carbocycles. The molecule has 0 bridgehead atoms. The smallest absolute Gasteiger partial charge is 0.0141 e. The van der Waals surface area contributed by atoms with Crippen molar-refractivity contribution >= 4 is 0 Å². The second kappa shape index (κ2) is 8.38. The summed E-state index contributed by atoms with van der Waals surface area (Å²) in [6, 6.07) is 1.62. The predicted molar refractivity (Wildman–Crippen MR) is 87.8 cm³/mol. The lowest BCUT2D eigenvalue weighted by Gasteiger charge is -2.45. The molecule has 2 nitrogen and oxygen atoms in total. The third-order valence-corrected chi connectivity index (χ3v) is 5.88. The summed E-state index contributed by atoms with van der Waals surface area (Å²) in [4.78, 5) is 2.90. The molecule has 0 radical (unpaired) electrons. The van der Waals surface area contributed by atoms with E-state index >= 15 is 0 Å². The Labute approximate surface area is 126 Å². The quantitative estimate of drug-likeness (QED) is 0.818. The van der Waals surface area contributed by atoms with Gasteiger partial charge >= 0.3 is 0 Å². The number of rotatable bonds is 5. The van der Waals surface area contributed by atoms with E-state index in [1.807, 2.05) is 0 Å². The summed E-state index contributed by atoms with van der Waals surface area (Å²) in [7, 11) is 0. The van der Waals surface area contributed by atoms with Crippen LogP contribution in [0.4, 0.5) is 0 Å². The average Bonchev–Trinajstić information content (AvgIpc) is 2.72. The highest BCUT2D eigenvalue weighted by Gasteiger charge is 2.36. The first kappa shape index (κ1) is 16.3. The van der Waals surface area contributed by atoms with Gasteiger partial charge in [0.15, 0.2) is 0 Å². The van der Waals surface area contributed by atoms with E-state index in [0.29, 0.717) is 0 Å². The molecule has 4 unspecified atom stereocenters. The fourth-order valence-electron chi connectivity index (χ4n) is 4.72. The van der Waals surface area contributed by atoms with Gasteiger partial charge in [0.25, 0.3) is 0 Å². The van der Waals surface area contributed by atoms with Crippen molar-refractivity contribution in [3.63, 3.8) is 0 Å². The molecule has 4 atom stereocenters. The van der Waals surface area contributed by atoms with Crippen molar-refractivity contribution in [2.45, 2.75) is 90.1 Å². The Balaban J connectivity index is 2.06. The molecule has 1 heterocycles. The fourth-order valence-corrected chi connectivity index (χ4v) is 4.72. The van der Waals surface area contributed by atoms with E-state index in [1.54, 1.807) is 0 Å². The van der Waals surface area contributed by atoms with Gasteiger partial charge in [0.1, 0.15) is 0 Å². The minimum Gasteiger partial charge on any atom is -0.330 e. The van der Waals surface area contributed by atoms with Gasteiger partial charge in [0.2, 0.25) is 0 Å². The zero-order chi connectivity index (χ0) is 14.4. The minimum atomic E-state index is 0.759. The van der Waals surface area contributed by atoms with Crippen molar-refractivity contribution in [3.8, 4) is 0 Å². The summed E-state index contributed by atoms with van der Waals surface area (Å²) >= 11 is 0. The van der Waals surface area contributed by atoms with E-state index in [-0.39, 0.29) is 0 Å². The number of nitrogens with two attached hydrogens (primary N) is 1. The average molecular weight is 280 g/mol. The van der Waals surface area contributed by atoms with E-state index < -0.39 is 0 Å². The van der Waals surface area contributed by atoms with Gasteiger partial charge in [0, 0.05) is 12.1 Å². The van der Waals surface area contributed by atoms with Crippen LogP contribution in [0.1, 0.15) is 78.1 Å². The van der Waals surface area contributed by atoms with Gasteiger partial charge < -0.3 is 5.73 Å². The molecule has 2 heteroatoms. The molecule has 0 amide bonds. The maximum absolute atomic E-state index is 6.12. The van der Waals surface area contributed by atoms with E-state index in [4.69, 9.17) is 5.73 Å². The Hall–Kier alpha value is -0.0800. The third kappa shape index (κ3) is 3.98. The van der Waals surface area contributed by atoms with Gasteiger partial charge in [-0.2, -0.15) is 0 Å². The topological polar surface area (TPSA) is 29.3 Å². The molecule has 2 fully saturated rings. The molecule has 118 valence electrons. The summed E-state index contributed by atoms with van der Waals surface area (Å²) in [6.07, 6.45) is 14.0. The molecule has 0 aromatic heterocycles. The van der Waals surface area contributed by atoms with Crippen LogP contribution >= 0.6 is 0 Å². The molecule has 1 aliphatic carbocycles. The van der Waals surface area contributed by atoms with Gasteiger partial charge in [-0.15, -0.1) is 0 Å². The van der Waals surface area contributed by atoms with Crippen LogP contribution in [0.3, 0.4) is 0 Å². The Morgan fingerprint density at radius 2 is 1.90 bits per heavy atom. The summed E-state index contributed by atoms with van der Waals surface area (Å²) in [6.45, 7) is 6.95. The highest BCUT2D eigenvalue weighted by Crippen LogP contribution is 2.37. The normalized spacial score (nSPS) is 36.8. The van der Waals surface area contributed by atoms with Crippen molar-refractivity contribution in [1.29, 1.82) is 0 Å². The number of hydrogen-bond acceptors (Lipinski definition) is 2. The highest BCUT2D eigenvalue weighted by atomic mass is 15.2. The standard InChI is InChI=1S/C18H36N2/c1-3-8-15-10-11-16(14-19)18(13-15)20-12-7-5-6-9-17(20)4-2/h15-18H,3-14,19H2,1-2H3. The maximum atomic E-state index is 6.12. The third-order valence-electron chi connectivity index (χ3n) is 5.88. The van der Waals surface area contributed by atoms with Crippen LogP contribution in [0, 0.1) is 11.8 Å². The summed E-state index contributed by atoms with van der Waals surface area (Å²) in [5.74, 6) is 1.73. The molecule has 2 N–H and O–H groups in total.